The number of nitrogens with one attached hydrogen (secondary N) is 1. The van der Waals surface area contributed by atoms with E-state index in [9.17, 15) is 4.39 Å². The number of hydrogen-bond donors (Lipinski definition) is 1. The normalized spacial score (nSPS) is 16.2. The summed E-state index contributed by atoms with van der Waals surface area (Å²) < 4.78 is 17.6. The Kier molecular flexibility index (Phi) is 3.21. The molecular formula is C17H15FN8. The highest BCUT2D eigenvalue weighted by atomic mass is 19.1. The van der Waals surface area contributed by atoms with Crippen molar-refractivity contribution in [3.05, 3.63) is 48.2 Å². The number of aromatic nitrogens is 7. The molecule has 1 aliphatic heterocycles. The van der Waals surface area contributed by atoms with Gasteiger partial charge in [-0.25, -0.2) is 14.4 Å². The molecule has 0 aromatic carbocycles. The van der Waals surface area contributed by atoms with Gasteiger partial charge in [0.15, 0.2) is 5.65 Å². The second-order valence-electron chi connectivity index (χ2n) is 6.28. The first-order chi connectivity index (χ1) is 12.7. The van der Waals surface area contributed by atoms with Crippen molar-refractivity contribution in [1.29, 1.82) is 0 Å². The number of aryl methyl sites for hydroxylation is 1. The fraction of sp³-hybridized carbons (Fsp3) is 0.235. The van der Waals surface area contributed by atoms with Crippen LogP contribution in [0.4, 0.5) is 16.2 Å². The highest BCUT2D eigenvalue weighted by Crippen LogP contribution is 2.27. The van der Waals surface area contributed by atoms with Crippen molar-refractivity contribution in [2.24, 2.45) is 7.05 Å². The lowest BCUT2D eigenvalue weighted by atomic mass is 10.0. The molecule has 5 heterocycles. The van der Waals surface area contributed by atoms with E-state index in [2.05, 4.69) is 30.6 Å². The third kappa shape index (κ3) is 2.40. The van der Waals surface area contributed by atoms with Crippen LogP contribution in [0.3, 0.4) is 0 Å². The van der Waals surface area contributed by atoms with Crippen LogP contribution < -0.4 is 5.32 Å². The molecule has 0 bridgehead atoms. The number of anilines is 2. The van der Waals surface area contributed by atoms with Gasteiger partial charge in [-0.05, 0) is 18.2 Å². The highest BCUT2D eigenvalue weighted by Gasteiger charge is 2.23. The first-order valence-corrected chi connectivity index (χ1v) is 8.27. The van der Waals surface area contributed by atoms with Crippen LogP contribution in [-0.4, -0.2) is 40.5 Å². The van der Waals surface area contributed by atoms with Crippen LogP contribution in [0.15, 0.2) is 36.7 Å². The summed E-state index contributed by atoms with van der Waals surface area (Å²) in [5.41, 5.74) is 3.15. The largest absolute Gasteiger partial charge is 0.309 e. The van der Waals surface area contributed by atoms with Gasteiger partial charge in [0.25, 0.3) is 0 Å². The minimum absolute atomic E-state index is 0.305. The van der Waals surface area contributed by atoms with Crippen LogP contribution in [0.5, 0.6) is 0 Å². The molecule has 5 rings (SSSR count). The van der Waals surface area contributed by atoms with Gasteiger partial charge in [-0.1, -0.05) is 0 Å². The molecule has 0 aliphatic carbocycles. The lowest BCUT2D eigenvalue weighted by molar-refractivity contribution is 0.309. The van der Waals surface area contributed by atoms with E-state index in [0.717, 1.165) is 22.8 Å². The monoisotopic (exact) mass is 350 g/mol. The Hall–Kier alpha value is -3.36. The molecule has 0 amide bonds. The van der Waals surface area contributed by atoms with Gasteiger partial charge in [0.05, 0.1) is 11.9 Å². The third-order valence-corrected chi connectivity index (χ3v) is 4.50. The summed E-state index contributed by atoms with van der Waals surface area (Å²) in [6.45, 7) is 0. The molecule has 0 spiro atoms. The molecule has 1 aliphatic rings. The lowest BCUT2D eigenvalue weighted by Crippen LogP contribution is -2.20. The summed E-state index contributed by atoms with van der Waals surface area (Å²) in [4.78, 5) is 8.83. The minimum Gasteiger partial charge on any atom is -0.309 e. The topological polar surface area (TPSA) is 85.8 Å². The van der Waals surface area contributed by atoms with E-state index >= 15 is 0 Å². The van der Waals surface area contributed by atoms with Crippen molar-refractivity contribution < 1.29 is 4.39 Å². The Morgan fingerprint density at radius 3 is 2.92 bits per heavy atom. The van der Waals surface area contributed by atoms with Crippen LogP contribution in [0.2, 0.25) is 0 Å². The fourth-order valence-corrected chi connectivity index (χ4v) is 3.28. The van der Waals surface area contributed by atoms with Gasteiger partial charge in [-0.15, -0.1) is 10.2 Å². The standard InChI is InChI=1S/C17H15FN8/c1-25-14(3-5-20-25)22-17-19-4-2-13(21-17)10-6-12-8-11(18)9-16-24-23-15(7-10)26(12)16/h2-7,11H,8-9H2,1H3,(H,19,21,22)/t11-/m0/s1. The Bertz CT molecular complexity index is 1120. The van der Waals surface area contributed by atoms with Gasteiger partial charge in [0.1, 0.15) is 17.8 Å². The molecule has 8 nitrogen and oxygen atoms in total. The summed E-state index contributed by atoms with van der Waals surface area (Å²) >= 11 is 0. The molecule has 9 heteroatoms. The maximum absolute atomic E-state index is 14.0. The maximum atomic E-state index is 14.0. The summed E-state index contributed by atoms with van der Waals surface area (Å²) in [5, 5.41) is 15.5. The van der Waals surface area contributed by atoms with Crippen molar-refractivity contribution in [3.8, 4) is 11.3 Å². The van der Waals surface area contributed by atoms with E-state index < -0.39 is 6.17 Å². The molecule has 1 N–H and O–H groups in total. The number of alkyl halides is 1. The number of nitrogens with zero attached hydrogens (tertiary/aromatic N) is 7. The third-order valence-electron chi connectivity index (χ3n) is 4.50. The molecule has 0 saturated heterocycles. The summed E-state index contributed by atoms with van der Waals surface area (Å²) in [5.74, 6) is 1.92. The zero-order chi connectivity index (χ0) is 17.7. The average Bonchev–Trinajstić information content (AvgIpc) is 3.22. The van der Waals surface area contributed by atoms with Crippen LogP contribution >= 0.6 is 0 Å². The molecule has 4 aromatic rings. The predicted octanol–water partition coefficient (Wildman–Crippen LogP) is 2.10. The second-order valence-corrected chi connectivity index (χ2v) is 6.28. The number of rotatable bonds is 3. The van der Waals surface area contributed by atoms with E-state index in [4.69, 9.17) is 0 Å². The SMILES string of the molecule is Cn1nccc1Nc1nccc(-c2cc3n4c(nnc4c2)C[C@@H](F)C3)n1. The number of pyridine rings is 1. The predicted molar refractivity (Wildman–Crippen MR) is 92.8 cm³/mol. The van der Waals surface area contributed by atoms with Gasteiger partial charge in [-0.2, -0.15) is 5.10 Å². The smallest absolute Gasteiger partial charge is 0.228 e. The van der Waals surface area contributed by atoms with Crippen LogP contribution in [0, 0.1) is 0 Å². The molecule has 4 aromatic heterocycles. The molecule has 0 unspecified atom stereocenters. The summed E-state index contributed by atoms with van der Waals surface area (Å²) in [6, 6.07) is 7.52. The number of hydrogen-bond acceptors (Lipinski definition) is 6. The van der Waals surface area contributed by atoms with Crippen LogP contribution in [0.25, 0.3) is 16.9 Å². The van der Waals surface area contributed by atoms with Crippen molar-refractivity contribution in [2.75, 3.05) is 5.32 Å². The molecule has 1 atom stereocenters. The quantitative estimate of drug-likeness (QED) is 0.609. The van der Waals surface area contributed by atoms with E-state index in [1.54, 1.807) is 17.1 Å². The van der Waals surface area contributed by atoms with Crippen molar-refractivity contribution >= 4 is 17.4 Å². The van der Waals surface area contributed by atoms with Crippen molar-refractivity contribution in [3.63, 3.8) is 0 Å². The van der Waals surface area contributed by atoms with E-state index in [1.807, 2.05) is 35.7 Å². The Balaban J connectivity index is 1.56. The van der Waals surface area contributed by atoms with Crippen molar-refractivity contribution in [2.45, 2.75) is 19.0 Å². The average molecular weight is 350 g/mol. The van der Waals surface area contributed by atoms with Crippen LogP contribution in [0.1, 0.15) is 11.5 Å². The summed E-state index contributed by atoms with van der Waals surface area (Å²) in [7, 11) is 1.83. The zero-order valence-corrected chi connectivity index (χ0v) is 14.0. The Labute approximate surface area is 147 Å². The van der Waals surface area contributed by atoms with E-state index in [1.165, 1.54) is 0 Å². The zero-order valence-electron chi connectivity index (χ0n) is 14.0. The Morgan fingerprint density at radius 2 is 2.08 bits per heavy atom. The number of halogens is 1. The molecule has 0 fully saturated rings. The molecular weight excluding hydrogens is 335 g/mol. The lowest BCUT2D eigenvalue weighted by Gasteiger charge is -2.17. The summed E-state index contributed by atoms with van der Waals surface area (Å²) in [6.07, 6.45) is 3.10. The first kappa shape index (κ1) is 14.9. The van der Waals surface area contributed by atoms with E-state index in [0.29, 0.717) is 30.3 Å². The van der Waals surface area contributed by atoms with Crippen LogP contribution in [-0.2, 0) is 19.9 Å². The fourth-order valence-electron chi connectivity index (χ4n) is 3.28. The van der Waals surface area contributed by atoms with E-state index in [-0.39, 0.29) is 0 Å². The molecule has 130 valence electrons. The van der Waals surface area contributed by atoms with Gasteiger partial charge >= 0.3 is 0 Å². The highest BCUT2D eigenvalue weighted by molar-refractivity contribution is 5.66. The Morgan fingerprint density at radius 1 is 1.15 bits per heavy atom. The van der Waals surface area contributed by atoms with Crippen molar-refractivity contribution in [1.82, 2.24) is 34.3 Å². The molecule has 26 heavy (non-hydrogen) atoms. The van der Waals surface area contributed by atoms with Gasteiger partial charge in [0, 0.05) is 43.4 Å². The molecule has 0 saturated carbocycles. The first-order valence-electron chi connectivity index (χ1n) is 8.27. The van der Waals surface area contributed by atoms with Gasteiger partial charge in [0.2, 0.25) is 5.95 Å². The van der Waals surface area contributed by atoms with Gasteiger partial charge in [-0.3, -0.25) is 9.08 Å². The maximum Gasteiger partial charge on any atom is 0.228 e. The molecule has 0 radical (unpaired) electrons. The second kappa shape index (κ2) is 5.58. The minimum atomic E-state index is -0.933. The van der Waals surface area contributed by atoms with Gasteiger partial charge < -0.3 is 5.32 Å².